The standard InChI is InChI=1S/C6H12O.C3H9NO/c1-3-4-5-6(2)7;1-3(2)4-5/h3-5H2,1-2H3;3-5H,1-2H3. The second kappa shape index (κ2) is 10.6. The molecule has 0 aromatic rings. The van der Waals surface area contributed by atoms with Gasteiger partial charge in [0.15, 0.2) is 0 Å². The van der Waals surface area contributed by atoms with Gasteiger partial charge >= 0.3 is 0 Å². The smallest absolute Gasteiger partial charge is 0.129 e. The van der Waals surface area contributed by atoms with E-state index in [-0.39, 0.29) is 6.04 Å². The summed E-state index contributed by atoms with van der Waals surface area (Å²) in [6.07, 6.45) is 2.94. The Morgan fingerprint density at radius 3 is 2.00 bits per heavy atom. The van der Waals surface area contributed by atoms with Gasteiger partial charge in [-0.05, 0) is 27.2 Å². The molecule has 3 heteroatoms. The average Bonchev–Trinajstić information content (AvgIpc) is 2.02. The molecule has 0 bridgehead atoms. The van der Waals surface area contributed by atoms with Crippen LogP contribution in [0.3, 0.4) is 0 Å². The molecule has 0 aromatic carbocycles. The molecule has 0 fully saturated rings. The monoisotopic (exact) mass is 175 g/mol. The summed E-state index contributed by atoms with van der Waals surface area (Å²) in [7, 11) is 0. The van der Waals surface area contributed by atoms with E-state index < -0.39 is 0 Å². The van der Waals surface area contributed by atoms with E-state index in [0.29, 0.717) is 5.78 Å². The molecule has 74 valence electrons. The van der Waals surface area contributed by atoms with Crippen LogP contribution >= 0.6 is 0 Å². The Morgan fingerprint density at radius 2 is 1.92 bits per heavy atom. The second-order valence-electron chi connectivity index (χ2n) is 3.09. The number of hydrogen-bond donors (Lipinski definition) is 2. The molecule has 0 heterocycles. The minimum Gasteiger partial charge on any atom is -0.317 e. The van der Waals surface area contributed by atoms with Gasteiger partial charge in [0.2, 0.25) is 0 Å². The highest BCUT2D eigenvalue weighted by molar-refractivity contribution is 5.75. The van der Waals surface area contributed by atoms with Crippen LogP contribution in [0.5, 0.6) is 0 Å². The Labute approximate surface area is 75.1 Å². The van der Waals surface area contributed by atoms with Gasteiger partial charge in [-0.1, -0.05) is 13.3 Å². The molecule has 12 heavy (non-hydrogen) atoms. The van der Waals surface area contributed by atoms with Crippen molar-refractivity contribution < 1.29 is 10.0 Å². The van der Waals surface area contributed by atoms with Crippen molar-refractivity contribution in [3.63, 3.8) is 0 Å². The molecule has 0 rings (SSSR count). The highest BCUT2D eigenvalue weighted by Crippen LogP contribution is 1.92. The molecule has 0 aliphatic heterocycles. The number of carbonyl (C=O) groups excluding carboxylic acids is 1. The van der Waals surface area contributed by atoms with E-state index in [9.17, 15) is 4.79 Å². The first-order chi connectivity index (χ1) is 5.54. The van der Waals surface area contributed by atoms with E-state index >= 15 is 0 Å². The van der Waals surface area contributed by atoms with Crippen LogP contribution in [-0.4, -0.2) is 17.0 Å². The highest BCUT2D eigenvalue weighted by Gasteiger charge is 1.87. The predicted octanol–water partition coefficient (Wildman–Crippen LogP) is 2.14. The van der Waals surface area contributed by atoms with Crippen LogP contribution in [0.1, 0.15) is 47.0 Å². The van der Waals surface area contributed by atoms with E-state index in [1.165, 1.54) is 0 Å². The third-order valence-corrected chi connectivity index (χ3v) is 1.14. The maximum absolute atomic E-state index is 10.2. The third-order valence-electron chi connectivity index (χ3n) is 1.14. The molecule has 0 unspecified atom stereocenters. The molecule has 0 aromatic heterocycles. The third kappa shape index (κ3) is 22.6. The lowest BCUT2D eigenvalue weighted by Crippen LogP contribution is -2.16. The lowest BCUT2D eigenvalue weighted by Gasteiger charge is -1.93. The van der Waals surface area contributed by atoms with Crippen LogP contribution < -0.4 is 5.48 Å². The van der Waals surface area contributed by atoms with Crippen molar-refractivity contribution in [3.8, 4) is 0 Å². The summed E-state index contributed by atoms with van der Waals surface area (Å²) in [6.45, 7) is 7.44. The van der Waals surface area contributed by atoms with Crippen molar-refractivity contribution in [1.82, 2.24) is 5.48 Å². The molecule has 0 saturated heterocycles. The Kier molecular flexibility index (Phi) is 12.5. The Morgan fingerprint density at radius 1 is 1.50 bits per heavy atom. The minimum atomic E-state index is 0.190. The highest BCUT2D eigenvalue weighted by atomic mass is 16.5. The molecule has 0 radical (unpaired) electrons. The van der Waals surface area contributed by atoms with Crippen LogP contribution in [0.4, 0.5) is 0 Å². The fraction of sp³-hybridized carbons (Fsp3) is 0.889. The fourth-order valence-corrected chi connectivity index (χ4v) is 0.426. The van der Waals surface area contributed by atoms with Gasteiger partial charge in [0.1, 0.15) is 5.78 Å². The normalized spacial score (nSPS) is 9.17. The maximum Gasteiger partial charge on any atom is 0.129 e. The zero-order chi connectivity index (χ0) is 9.98. The van der Waals surface area contributed by atoms with Gasteiger partial charge in [0.25, 0.3) is 0 Å². The first-order valence-corrected chi connectivity index (χ1v) is 4.43. The van der Waals surface area contributed by atoms with Crippen molar-refractivity contribution in [3.05, 3.63) is 0 Å². The van der Waals surface area contributed by atoms with Crippen molar-refractivity contribution in [2.45, 2.75) is 53.0 Å². The minimum absolute atomic E-state index is 0.190. The summed E-state index contributed by atoms with van der Waals surface area (Å²) in [5.41, 5.74) is 2.03. The summed E-state index contributed by atoms with van der Waals surface area (Å²) in [5.74, 6) is 0.307. The van der Waals surface area contributed by atoms with Gasteiger partial charge in [0.05, 0.1) is 0 Å². The first kappa shape index (κ1) is 14.1. The van der Waals surface area contributed by atoms with Crippen LogP contribution in [0, 0.1) is 0 Å². The quantitative estimate of drug-likeness (QED) is 0.643. The predicted molar refractivity (Wildman–Crippen MR) is 50.3 cm³/mol. The van der Waals surface area contributed by atoms with Crippen LogP contribution in [-0.2, 0) is 4.79 Å². The van der Waals surface area contributed by atoms with Gasteiger partial charge < -0.3 is 10.0 Å². The Hall–Kier alpha value is -0.410. The number of nitrogens with one attached hydrogen (secondary N) is 1. The number of ketones is 1. The molecule has 2 N–H and O–H groups in total. The number of Topliss-reactive ketones (excluding diaryl/α,β-unsaturated/α-hetero) is 1. The largest absolute Gasteiger partial charge is 0.317 e. The zero-order valence-corrected chi connectivity index (χ0v) is 8.55. The number of unbranched alkanes of at least 4 members (excludes halogenated alkanes) is 1. The molecule has 0 saturated carbocycles. The number of hydroxylamine groups is 1. The van der Waals surface area contributed by atoms with Crippen molar-refractivity contribution in [2.24, 2.45) is 0 Å². The van der Waals surface area contributed by atoms with Crippen LogP contribution in [0.2, 0.25) is 0 Å². The van der Waals surface area contributed by atoms with Crippen molar-refractivity contribution in [2.75, 3.05) is 0 Å². The van der Waals surface area contributed by atoms with Gasteiger partial charge in [0, 0.05) is 12.5 Å². The van der Waals surface area contributed by atoms with Crippen LogP contribution in [0.25, 0.3) is 0 Å². The van der Waals surface area contributed by atoms with E-state index in [1.807, 2.05) is 19.3 Å². The van der Waals surface area contributed by atoms with Gasteiger partial charge in [-0.25, -0.2) is 5.48 Å². The van der Waals surface area contributed by atoms with Gasteiger partial charge in [-0.15, -0.1) is 0 Å². The molecule has 3 nitrogen and oxygen atoms in total. The average molecular weight is 175 g/mol. The number of hydrogen-bond acceptors (Lipinski definition) is 3. The summed E-state index contributed by atoms with van der Waals surface area (Å²) in [6, 6.07) is 0.190. The topological polar surface area (TPSA) is 49.3 Å². The molecular formula is C9H21NO2. The Bertz CT molecular complexity index is 103. The summed E-state index contributed by atoms with van der Waals surface area (Å²) < 4.78 is 0. The molecular weight excluding hydrogens is 154 g/mol. The van der Waals surface area contributed by atoms with Crippen molar-refractivity contribution >= 4 is 5.78 Å². The number of carbonyl (C=O) groups is 1. The molecule has 0 amide bonds. The maximum atomic E-state index is 10.2. The van der Waals surface area contributed by atoms with Crippen LogP contribution in [0.15, 0.2) is 0 Å². The molecule has 0 aliphatic carbocycles. The van der Waals surface area contributed by atoms with Crippen molar-refractivity contribution in [1.29, 1.82) is 0 Å². The lowest BCUT2D eigenvalue weighted by atomic mass is 10.2. The van der Waals surface area contributed by atoms with Gasteiger partial charge in [-0.2, -0.15) is 0 Å². The summed E-state index contributed by atoms with van der Waals surface area (Å²) in [4.78, 5) is 10.2. The molecule has 0 aliphatic rings. The number of rotatable bonds is 4. The molecule has 0 atom stereocenters. The SMILES string of the molecule is CC(C)NO.CCCCC(C)=O. The summed E-state index contributed by atoms with van der Waals surface area (Å²) in [5, 5.41) is 7.89. The zero-order valence-electron chi connectivity index (χ0n) is 8.55. The summed E-state index contributed by atoms with van der Waals surface area (Å²) >= 11 is 0. The Balaban J connectivity index is 0. The van der Waals surface area contributed by atoms with E-state index in [2.05, 4.69) is 6.92 Å². The van der Waals surface area contributed by atoms with Gasteiger partial charge in [-0.3, -0.25) is 0 Å². The lowest BCUT2D eigenvalue weighted by molar-refractivity contribution is -0.117. The van der Waals surface area contributed by atoms with E-state index in [1.54, 1.807) is 6.92 Å². The fourth-order valence-electron chi connectivity index (χ4n) is 0.426. The molecule has 0 spiro atoms. The second-order valence-corrected chi connectivity index (χ2v) is 3.09. The first-order valence-electron chi connectivity index (χ1n) is 4.43. The van der Waals surface area contributed by atoms with E-state index in [4.69, 9.17) is 5.21 Å². The van der Waals surface area contributed by atoms with E-state index in [0.717, 1.165) is 19.3 Å².